The molecule has 0 aromatic carbocycles. The summed E-state index contributed by atoms with van der Waals surface area (Å²) < 4.78 is 11.3. The van der Waals surface area contributed by atoms with Crippen LogP contribution in [0.5, 0.6) is 0 Å². The molecule has 1 aliphatic carbocycles. The molecule has 2 atom stereocenters. The van der Waals surface area contributed by atoms with E-state index in [-0.39, 0.29) is 11.9 Å². The lowest BCUT2D eigenvalue weighted by Crippen LogP contribution is -2.56. The van der Waals surface area contributed by atoms with Gasteiger partial charge in [-0.3, -0.25) is 9.69 Å². The second-order valence-electron chi connectivity index (χ2n) is 7.71. The van der Waals surface area contributed by atoms with Gasteiger partial charge >= 0.3 is 6.09 Å². The summed E-state index contributed by atoms with van der Waals surface area (Å²) in [5.74, 6) is -0.192. The summed E-state index contributed by atoms with van der Waals surface area (Å²) >= 11 is 0. The maximum Gasteiger partial charge on any atom is 0.413 e. The molecule has 6 nitrogen and oxygen atoms in total. The molecule has 0 spiro atoms. The monoisotopic (exact) mass is 324 g/mol. The van der Waals surface area contributed by atoms with Gasteiger partial charge in [0.05, 0.1) is 6.10 Å². The van der Waals surface area contributed by atoms with Gasteiger partial charge in [0.1, 0.15) is 17.4 Å². The van der Waals surface area contributed by atoms with E-state index < -0.39 is 29.6 Å². The van der Waals surface area contributed by atoms with Crippen LogP contribution in [0.4, 0.5) is 4.79 Å². The molecule has 6 heteroatoms. The van der Waals surface area contributed by atoms with E-state index >= 15 is 0 Å². The Bertz CT molecular complexity index is 499. The van der Waals surface area contributed by atoms with Gasteiger partial charge in [0, 0.05) is 6.04 Å². The summed E-state index contributed by atoms with van der Waals surface area (Å²) in [6.45, 7) is 10.8. The van der Waals surface area contributed by atoms with Gasteiger partial charge in [-0.15, -0.1) is 0 Å². The molecular formula is C17H28N2O4. The molecule has 2 amide bonds. The maximum absolute atomic E-state index is 12.7. The quantitative estimate of drug-likeness (QED) is 0.793. The third-order valence-electron chi connectivity index (χ3n) is 3.99. The smallest absolute Gasteiger partial charge is 0.413 e. The second kappa shape index (κ2) is 6.15. The molecule has 2 aliphatic rings. The van der Waals surface area contributed by atoms with Gasteiger partial charge in [-0.25, -0.2) is 4.79 Å². The molecule has 0 saturated carbocycles. The predicted octanol–water partition coefficient (Wildman–Crippen LogP) is 2.58. The summed E-state index contributed by atoms with van der Waals surface area (Å²) in [6.07, 6.45) is 4.82. The van der Waals surface area contributed by atoms with E-state index in [0.29, 0.717) is 0 Å². The normalized spacial score (nSPS) is 27.3. The predicted molar refractivity (Wildman–Crippen MR) is 86.8 cm³/mol. The van der Waals surface area contributed by atoms with Crippen LogP contribution in [-0.2, 0) is 14.3 Å². The molecule has 1 saturated heterocycles. The first-order chi connectivity index (χ1) is 10.5. The summed E-state index contributed by atoms with van der Waals surface area (Å²) in [6, 6.07) is -0.598. The van der Waals surface area contributed by atoms with Gasteiger partial charge in [0.2, 0.25) is 5.91 Å². The SMILES string of the molecule is CC1OC(C)(C)N(C(=O)OC(C)(C)C)C1C(=O)NC1CC=CC1. The van der Waals surface area contributed by atoms with E-state index in [1.54, 1.807) is 34.6 Å². The van der Waals surface area contributed by atoms with Crippen LogP contribution in [0.15, 0.2) is 12.2 Å². The summed E-state index contributed by atoms with van der Waals surface area (Å²) in [5, 5.41) is 3.01. The highest BCUT2D eigenvalue weighted by Gasteiger charge is 2.52. The Morgan fingerprint density at radius 2 is 1.83 bits per heavy atom. The maximum atomic E-state index is 12.7. The third kappa shape index (κ3) is 4.05. The number of rotatable bonds is 2. The van der Waals surface area contributed by atoms with Crippen molar-refractivity contribution in [3.8, 4) is 0 Å². The largest absolute Gasteiger partial charge is 0.444 e. The van der Waals surface area contributed by atoms with E-state index in [9.17, 15) is 9.59 Å². The van der Waals surface area contributed by atoms with Crippen LogP contribution in [0, 0.1) is 0 Å². The van der Waals surface area contributed by atoms with E-state index in [2.05, 4.69) is 17.5 Å². The second-order valence-corrected chi connectivity index (χ2v) is 7.71. The zero-order valence-corrected chi connectivity index (χ0v) is 14.9. The van der Waals surface area contributed by atoms with Crippen molar-refractivity contribution in [1.29, 1.82) is 0 Å². The molecule has 2 unspecified atom stereocenters. The Balaban J connectivity index is 2.16. The van der Waals surface area contributed by atoms with Crippen LogP contribution in [0.1, 0.15) is 54.4 Å². The van der Waals surface area contributed by atoms with Crippen molar-refractivity contribution in [1.82, 2.24) is 10.2 Å². The van der Waals surface area contributed by atoms with Crippen molar-refractivity contribution in [2.75, 3.05) is 0 Å². The average molecular weight is 324 g/mol. The highest BCUT2D eigenvalue weighted by Crippen LogP contribution is 2.34. The molecule has 1 aliphatic heterocycles. The van der Waals surface area contributed by atoms with Gasteiger partial charge in [-0.2, -0.15) is 0 Å². The van der Waals surface area contributed by atoms with Crippen molar-refractivity contribution in [3.63, 3.8) is 0 Å². The van der Waals surface area contributed by atoms with Gasteiger partial charge in [0.15, 0.2) is 0 Å². The Labute approximate surface area is 138 Å². The number of amides is 2. The molecule has 2 rings (SSSR count). The number of carbonyl (C=O) groups excluding carboxylic acids is 2. The van der Waals surface area contributed by atoms with Crippen LogP contribution in [0.2, 0.25) is 0 Å². The van der Waals surface area contributed by atoms with Crippen LogP contribution in [0.25, 0.3) is 0 Å². The van der Waals surface area contributed by atoms with E-state index in [4.69, 9.17) is 9.47 Å². The fourth-order valence-electron chi connectivity index (χ4n) is 3.12. The fraction of sp³-hybridized carbons (Fsp3) is 0.765. The molecule has 0 radical (unpaired) electrons. The van der Waals surface area contributed by atoms with Crippen LogP contribution in [-0.4, -0.2) is 46.4 Å². The zero-order chi connectivity index (χ0) is 17.4. The molecule has 0 bridgehead atoms. The molecule has 1 heterocycles. The fourth-order valence-corrected chi connectivity index (χ4v) is 3.12. The lowest BCUT2D eigenvalue weighted by molar-refractivity contribution is -0.127. The van der Waals surface area contributed by atoms with Gasteiger partial charge < -0.3 is 14.8 Å². The highest BCUT2D eigenvalue weighted by atomic mass is 16.6. The average Bonchev–Trinajstić information content (AvgIpc) is 2.91. The van der Waals surface area contributed by atoms with Crippen LogP contribution >= 0.6 is 0 Å². The van der Waals surface area contributed by atoms with Crippen molar-refractivity contribution < 1.29 is 19.1 Å². The standard InChI is InChI=1S/C17H28N2O4/c1-11-13(14(20)18-12-9-7-8-10-12)19(17(5,6)22-11)15(21)23-16(2,3)4/h7-8,11-13H,9-10H2,1-6H3,(H,18,20). The highest BCUT2D eigenvalue weighted by molar-refractivity contribution is 5.87. The van der Waals surface area contributed by atoms with Crippen molar-refractivity contribution >= 4 is 12.0 Å². The number of hydrogen-bond acceptors (Lipinski definition) is 4. The lowest BCUT2D eigenvalue weighted by Gasteiger charge is -2.34. The molecule has 1 N–H and O–H groups in total. The minimum absolute atomic E-state index is 0.0962. The number of carbonyl (C=O) groups is 2. The number of ether oxygens (including phenoxy) is 2. The van der Waals surface area contributed by atoms with Crippen LogP contribution < -0.4 is 5.32 Å². The first-order valence-electron chi connectivity index (χ1n) is 8.17. The van der Waals surface area contributed by atoms with E-state index in [1.165, 1.54) is 4.90 Å². The Morgan fingerprint density at radius 3 is 2.35 bits per heavy atom. The van der Waals surface area contributed by atoms with Gasteiger partial charge in [-0.1, -0.05) is 12.2 Å². The van der Waals surface area contributed by atoms with Crippen molar-refractivity contribution in [2.45, 2.75) is 83.9 Å². The minimum atomic E-state index is -0.891. The molecule has 23 heavy (non-hydrogen) atoms. The van der Waals surface area contributed by atoms with Gasteiger partial charge in [0.25, 0.3) is 0 Å². The summed E-state index contributed by atoms with van der Waals surface area (Å²) in [4.78, 5) is 26.7. The summed E-state index contributed by atoms with van der Waals surface area (Å²) in [5.41, 5.74) is -1.52. The minimum Gasteiger partial charge on any atom is -0.444 e. The number of nitrogens with zero attached hydrogens (tertiary/aromatic N) is 1. The van der Waals surface area contributed by atoms with Crippen molar-refractivity contribution in [2.24, 2.45) is 0 Å². The first kappa shape index (κ1) is 17.8. The zero-order valence-electron chi connectivity index (χ0n) is 14.9. The number of hydrogen-bond donors (Lipinski definition) is 1. The molecule has 0 aromatic heterocycles. The Hall–Kier alpha value is -1.56. The summed E-state index contributed by atoms with van der Waals surface area (Å²) in [7, 11) is 0. The topological polar surface area (TPSA) is 67.9 Å². The molecule has 130 valence electrons. The molecule has 1 fully saturated rings. The third-order valence-corrected chi connectivity index (χ3v) is 3.99. The van der Waals surface area contributed by atoms with Crippen molar-refractivity contribution in [3.05, 3.63) is 12.2 Å². The van der Waals surface area contributed by atoms with E-state index in [0.717, 1.165) is 12.8 Å². The van der Waals surface area contributed by atoms with E-state index in [1.807, 2.05) is 6.92 Å². The number of nitrogens with one attached hydrogen (secondary N) is 1. The molecular weight excluding hydrogens is 296 g/mol. The van der Waals surface area contributed by atoms with Crippen LogP contribution in [0.3, 0.4) is 0 Å². The lowest BCUT2D eigenvalue weighted by atomic mass is 10.1. The molecule has 0 aromatic rings. The first-order valence-corrected chi connectivity index (χ1v) is 8.17. The Kier molecular flexibility index (Phi) is 4.76. The Morgan fingerprint density at radius 1 is 1.26 bits per heavy atom. The van der Waals surface area contributed by atoms with Gasteiger partial charge in [-0.05, 0) is 54.4 Å².